The minimum absolute atomic E-state index is 0.259. The second kappa shape index (κ2) is 5.82. The Kier molecular flexibility index (Phi) is 4.37. The summed E-state index contributed by atoms with van der Waals surface area (Å²) in [5.41, 5.74) is 0.259. The van der Waals surface area contributed by atoms with Crippen molar-refractivity contribution in [3.05, 3.63) is 18.2 Å². The van der Waals surface area contributed by atoms with E-state index in [1.807, 2.05) is 26.5 Å². The van der Waals surface area contributed by atoms with Crippen LogP contribution in [0.5, 0.6) is 0 Å². The van der Waals surface area contributed by atoms with E-state index in [2.05, 4.69) is 26.8 Å². The average Bonchev–Trinajstić information content (AvgIpc) is 2.90. The third-order valence-corrected chi connectivity index (χ3v) is 3.67. The minimum atomic E-state index is 0.259. The second-order valence-corrected chi connectivity index (χ2v) is 5.46. The van der Waals surface area contributed by atoms with Crippen LogP contribution in [-0.2, 0) is 18.3 Å². The second-order valence-electron chi connectivity index (χ2n) is 5.46. The van der Waals surface area contributed by atoms with Crippen molar-refractivity contribution in [1.82, 2.24) is 19.8 Å². The van der Waals surface area contributed by atoms with Gasteiger partial charge in [-0.05, 0) is 20.5 Å². The van der Waals surface area contributed by atoms with Crippen LogP contribution >= 0.6 is 0 Å². The molecule has 1 fully saturated rings. The summed E-state index contributed by atoms with van der Waals surface area (Å²) >= 11 is 0. The van der Waals surface area contributed by atoms with Crippen LogP contribution in [-0.4, -0.2) is 54.8 Å². The molecule has 0 saturated carbocycles. The summed E-state index contributed by atoms with van der Waals surface area (Å²) in [6.07, 6.45) is 4.98. The molecule has 0 spiro atoms. The smallest absolute Gasteiger partial charge is 0.122 e. The van der Waals surface area contributed by atoms with E-state index in [0.717, 1.165) is 45.1 Å². The van der Waals surface area contributed by atoms with Crippen LogP contribution in [0.1, 0.15) is 12.2 Å². The number of hydrogen-bond acceptors (Lipinski definition) is 4. The van der Waals surface area contributed by atoms with Crippen molar-refractivity contribution in [2.75, 3.05) is 40.4 Å². The number of nitrogens with zero attached hydrogens (tertiary/aromatic N) is 3. The monoisotopic (exact) mass is 252 g/mol. The molecule has 0 bridgehead atoms. The van der Waals surface area contributed by atoms with Gasteiger partial charge in [-0.25, -0.2) is 4.98 Å². The number of hydrogen-bond donors (Lipinski definition) is 1. The van der Waals surface area contributed by atoms with Gasteiger partial charge in [-0.1, -0.05) is 0 Å². The zero-order valence-electron chi connectivity index (χ0n) is 11.6. The SMILES string of the molecule is CNCC1(CN(C)Cc2nccn2C)CCOC1. The highest BCUT2D eigenvalue weighted by molar-refractivity contribution is 4.93. The number of aromatic nitrogens is 2. The van der Waals surface area contributed by atoms with Gasteiger partial charge in [-0.2, -0.15) is 0 Å². The lowest BCUT2D eigenvalue weighted by molar-refractivity contribution is 0.117. The van der Waals surface area contributed by atoms with E-state index in [4.69, 9.17) is 4.74 Å². The Hall–Kier alpha value is -0.910. The summed E-state index contributed by atoms with van der Waals surface area (Å²) in [4.78, 5) is 6.72. The van der Waals surface area contributed by atoms with Gasteiger partial charge in [0.25, 0.3) is 0 Å². The normalized spacial score (nSPS) is 24.0. The molecule has 0 radical (unpaired) electrons. The van der Waals surface area contributed by atoms with E-state index in [1.54, 1.807) is 0 Å². The van der Waals surface area contributed by atoms with Gasteiger partial charge in [0.2, 0.25) is 0 Å². The molecule has 1 aromatic rings. The molecule has 1 aliphatic rings. The highest BCUT2D eigenvalue weighted by Gasteiger charge is 2.35. The van der Waals surface area contributed by atoms with Crippen LogP contribution < -0.4 is 5.32 Å². The van der Waals surface area contributed by atoms with E-state index >= 15 is 0 Å². The van der Waals surface area contributed by atoms with Gasteiger partial charge in [0.1, 0.15) is 5.82 Å². The number of ether oxygens (including phenoxy) is 1. The van der Waals surface area contributed by atoms with Crippen LogP contribution in [0.25, 0.3) is 0 Å². The Morgan fingerprint density at radius 3 is 3.00 bits per heavy atom. The lowest BCUT2D eigenvalue weighted by atomic mass is 9.86. The Bertz CT molecular complexity index is 371. The fraction of sp³-hybridized carbons (Fsp3) is 0.769. The first-order valence-corrected chi connectivity index (χ1v) is 6.52. The van der Waals surface area contributed by atoms with Crippen LogP contribution in [0.4, 0.5) is 0 Å². The molecule has 5 nitrogen and oxygen atoms in total. The Morgan fingerprint density at radius 2 is 2.44 bits per heavy atom. The molecule has 0 amide bonds. The summed E-state index contributed by atoms with van der Waals surface area (Å²) in [6, 6.07) is 0. The van der Waals surface area contributed by atoms with Crippen molar-refractivity contribution in [1.29, 1.82) is 0 Å². The first-order chi connectivity index (χ1) is 8.65. The third kappa shape index (κ3) is 3.10. The molecule has 0 aliphatic carbocycles. The molecule has 1 atom stereocenters. The van der Waals surface area contributed by atoms with E-state index in [0.29, 0.717) is 0 Å². The third-order valence-electron chi connectivity index (χ3n) is 3.67. The predicted octanol–water partition coefficient (Wildman–Crippen LogP) is 0.478. The number of imidazole rings is 1. The Balaban J connectivity index is 1.93. The van der Waals surface area contributed by atoms with Crippen LogP contribution in [0.3, 0.4) is 0 Å². The highest BCUT2D eigenvalue weighted by atomic mass is 16.5. The molecule has 102 valence electrons. The van der Waals surface area contributed by atoms with Crippen LogP contribution in [0.2, 0.25) is 0 Å². The maximum absolute atomic E-state index is 5.59. The Morgan fingerprint density at radius 1 is 1.61 bits per heavy atom. The quantitative estimate of drug-likeness (QED) is 0.799. The summed E-state index contributed by atoms with van der Waals surface area (Å²) in [6.45, 7) is 4.68. The first-order valence-electron chi connectivity index (χ1n) is 6.52. The first kappa shape index (κ1) is 13.5. The summed E-state index contributed by atoms with van der Waals surface area (Å²) in [5, 5.41) is 3.30. The molecule has 1 unspecified atom stereocenters. The lowest BCUT2D eigenvalue weighted by Gasteiger charge is -2.32. The molecule has 2 rings (SSSR count). The zero-order chi connectivity index (χ0) is 13.0. The number of rotatable bonds is 6. The van der Waals surface area contributed by atoms with Gasteiger partial charge in [0, 0.05) is 44.6 Å². The number of nitrogens with one attached hydrogen (secondary N) is 1. The fourth-order valence-electron chi connectivity index (χ4n) is 2.76. The molecular weight excluding hydrogens is 228 g/mol. The molecule has 1 aliphatic heterocycles. The van der Waals surface area contributed by atoms with Crippen molar-refractivity contribution in [3.63, 3.8) is 0 Å². The van der Waals surface area contributed by atoms with Gasteiger partial charge >= 0.3 is 0 Å². The summed E-state index contributed by atoms with van der Waals surface area (Å²) < 4.78 is 7.66. The largest absolute Gasteiger partial charge is 0.381 e. The van der Waals surface area contributed by atoms with Crippen LogP contribution in [0.15, 0.2) is 12.4 Å². The van der Waals surface area contributed by atoms with Crippen molar-refractivity contribution in [2.45, 2.75) is 13.0 Å². The lowest BCUT2D eigenvalue weighted by Crippen LogP contribution is -2.42. The standard InChI is InChI=1S/C13H24N4O/c1-14-9-13(4-7-18-11-13)10-16(2)8-12-15-5-6-17(12)3/h5-6,14H,4,7-11H2,1-3H3. The van der Waals surface area contributed by atoms with Crippen molar-refractivity contribution in [3.8, 4) is 0 Å². The predicted molar refractivity (Wildman–Crippen MR) is 71.3 cm³/mol. The maximum atomic E-state index is 5.59. The van der Waals surface area contributed by atoms with Gasteiger partial charge < -0.3 is 14.6 Å². The topological polar surface area (TPSA) is 42.3 Å². The molecular formula is C13H24N4O. The fourth-order valence-corrected chi connectivity index (χ4v) is 2.76. The van der Waals surface area contributed by atoms with Crippen molar-refractivity contribution < 1.29 is 4.74 Å². The van der Waals surface area contributed by atoms with Gasteiger partial charge in [0.15, 0.2) is 0 Å². The van der Waals surface area contributed by atoms with Crippen molar-refractivity contribution >= 4 is 0 Å². The van der Waals surface area contributed by atoms with E-state index in [-0.39, 0.29) is 5.41 Å². The van der Waals surface area contributed by atoms with E-state index in [1.165, 1.54) is 0 Å². The minimum Gasteiger partial charge on any atom is -0.381 e. The molecule has 1 aromatic heterocycles. The molecule has 1 saturated heterocycles. The summed E-state index contributed by atoms with van der Waals surface area (Å²) in [5.74, 6) is 1.11. The van der Waals surface area contributed by atoms with E-state index in [9.17, 15) is 0 Å². The highest BCUT2D eigenvalue weighted by Crippen LogP contribution is 2.29. The molecule has 18 heavy (non-hydrogen) atoms. The maximum Gasteiger partial charge on any atom is 0.122 e. The van der Waals surface area contributed by atoms with Crippen LogP contribution in [0, 0.1) is 5.41 Å². The molecule has 5 heteroatoms. The van der Waals surface area contributed by atoms with Gasteiger partial charge in [0.05, 0.1) is 13.2 Å². The van der Waals surface area contributed by atoms with Gasteiger partial charge in [-0.3, -0.25) is 4.90 Å². The molecule has 1 N–H and O–H groups in total. The molecule has 2 heterocycles. The van der Waals surface area contributed by atoms with Crippen molar-refractivity contribution in [2.24, 2.45) is 12.5 Å². The summed E-state index contributed by atoms with van der Waals surface area (Å²) in [7, 11) is 6.21. The average molecular weight is 252 g/mol. The number of aryl methyl sites for hydroxylation is 1. The van der Waals surface area contributed by atoms with Gasteiger partial charge in [-0.15, -0.1) is 0 Å². The molecule has 0 aromatic carbocycles. The Labute approximate surface area is 109 Å². The zero-order valence-corrected chi connectivity index (χ0v) is 11.6. The van der Waals surface area contributed by atoms with E-state index < -0.39 is 0 Å².